The highest BCUT2D eigenvalue weighted by molar-refractivity contribution is 5.87. The average molecular weight is 232 g/mol. The summed E-state index contributed by atoms with van der Waals surface area (Å²) in [7, 11) is 1.74. The van der Waals surface area contributed by atoms with Crippen molar-refractivity contribution in [2.75, 3.05) is 12.4 Å². The van der Waals surface area contributed by atoms with E-state index in [0.29, 0.717) is 17.4 Å². The maximum Gasteiger partial charge on any atom is 0.354 e. The molecule has 1 aliphatic rings. The molecule has 1 fully saturated rings. The Hall–Kier alpha value is -2.11. The van der Waals surface area contributed by atoms with E-state index in [1.165, 1.54) is 6.07 Å². The third-order valence-electron chi connectivity index (χ3n) is 2.92. The Morgan fingerprint density at radius 2 is 2.29 bits per heavy atom. The zero-order chi connectivity index (χ0) is 12.0. The third kappa shape index (κ3) is 1.61. The van der Waals surface area contributed by atoms with Crippen molar-refractivity contribution >= 4 is 17.4 Å². The first-order chi connectivity index (χ1) is 8.19. The molecule has 2 heterocycles. The molecule has 17 heavy (non-hydrogen) atoms. The van der Waals surface area contributed by atoms with Crippen LogP contribution in [0.15, 0.2) is 12.1 Å². The Kier molecular flexibility index (Phi) is 2.04. The number of fused-ring (bicyclic) bond motifs is 1. The van der Waals surface area contributed by atoms with Crippen LogP contribution < -0.4 is 5.32 Å². The van der Waals surface area contributed by atoms with Gasteiger partial charge in [0.2, 0.25) is 0 Å². The Morgan fingerprint density at radius 1 is 1.53 bits per heavy atom. The van der Waals surface area contributed by atoms with Gasteiger partial charge in [0, 0.05) is 25.1 Å². The third-order valence-corrected chi connectivity index (χ3v) is 2.92. The largest absolute Gasteiger partial charge is 0.477 e. The molecular weight excluding hydrogens is 220 g/mol. The van der Waals surface area contributed by atoms with Crippen molar-refractivity contribution in [2.45, 2.75) is 18.8 Å². The molecule has 0 saturated heterocycles. The van der Waals surface area contributed by atoms with Crippen LogP contribution >= 0.6 is 0 Å². The summed E-state index contributed by atoms with van der Waals surface area (Å²) in [5, 5.41) is 16.4. The minimum absolute atomic E-state index is 0.0316. The van der Waals surface area contributed by atoms with Gasteiger partial charge in [-0.25, -0.2) is 9.78 Å². The number of aromatic nitrogens is 3. The first kappa shape index (κ1) is 10.1. The van der Waals surface area contributed by atoms with Gasteiger partial charge < -0.3 is 10.4 Å². The lowest BCUT2D eigenvalue weighted by molar-refractivity contribution is 0.0690. The number of carboxylic acid groups (broad SMARTS) is 1. The quantitative estimate of drug-likeness (QED) is 0.834. The monoisotopic (exact) mass is 232 g/mol. The van der Waals surface area contributed by atoms with Gasteiger partial charge in [-0.2, -0.15) is 9.61 Å². The van der Waals surface area contributed by atoms with Gasteiger partial charge in [-0.05, 0) is 12.8 Å². The maximum atomic E-state index is 10.9. The van der Waals surface area contributed by atoms with E-state index in [1.54, 1.807) is 11.6 Å². The first-order valence-corrected chi connectivity index (χ1v) is 5.51. The van der Waals surface area contributed by atoms with Gasteiger partial charge >= 0.3 is 5.97 Å². The van der Waals surface area contributed by atoms with Crippen LogP contribution in [0.1, 0.15) is 34.9 Å². The fraction of sp³-hybridized carbons (Fsp3) is 0.364. The van der Waals surface area contributed by atoms with Crippen LogP contribution in [-0.4, -0.2) is 32.7 Å². The number of carboxylic acids is 1. The second-order valence-electron chi connectivity index (χ2n) is 4.20. The molecule has 6 nitrogen and oxygen atoms in total. The van der Waals surface area contributed by atoms with Crippen LogP contribution in [0.4, 0.5) is 5.82 Å². The van der Waals surface area contributed by atoms with Crippen molar-refractivity contribution in [3.8, 4) is 0 Å². The second-order valence-corrected chi connectivity index (χ2v) is 4.20. The number of hydrogen-bond donors (Lipinski definition) is 2. The number of carbonyl (C=O) groups is 1. The lowest BCUT2D eigenvalue weighted by Gasteiger charge is -2.04. The lowest BCUT2D eigenvalue weighted by Crippen LogP contribution is -2.07. The summed E-state index contributed by atoms with van der Waals surface area (Å²) < 4.78 is 1.65. The van der Waals surface area contributed by atoms with Crippen molar-refractivity contribution < 1.29 is 9.90 Å². The molecule has 1 aliphatic carbocycles. The Bertz CT molecular complexity index is 601. The number of nitrogens with zero attached hydrogens (tertiary/aromatic N) is 3. The Balaban J connectivity index is 2.21. The predicted octanol–water partition coefficient (Wildman–Crippen LogP) is 1.35. The van der Waals surface area contributed by atoms with E-state index in [2.05, 4.69) is 15.4 Å². The van der Waals surface area contributed by atoms with Gasteiger partial charge in [-0.1, -0.05) is 0 Å². The molecular formula is C11H12N4O2. The summed E-state index contributed by atoms with van der Waals surface area (Å²) >= 11 is 0. The van der Waals surface area contributed by atoms with Crippen molar-refractivity contribution in [1.82, 2.24) is 14.6 Å². The highest BCUT2D eigenvalue weighted by Gasteiger charge is 2.27. The smallest absolute Gasteiger partial charge is 0.354 e. The maximum absolute atomic E-state index is 10.9. The minimum Gasteiger partial charge on any atom is -0.477 e. The molecule has 0 aromatic carbocycles. The van der Waals surface area contributed by atoms with Crippen molar-refractivity contribution in [3.05, 3.63) is 23.5 Å². The number of anilines is 1. The number of aromatic carboxylic acids is 1. The van der Waals surface area contributed by atoms with E-state index in [1.807, 2.05) is 6.07 Å². The first-order valence-electron chi connectivity index (χ1n) is 5.51. The van der Waals surface area contributed by atoms with Crippen LogP contribution in [0.2, 0.25) is 0 Å². The van der Waals surface area contributed by atoms with E-state index < -0.39 is 5.97 Å². The summed E-state index contributed by atoms with van der Waals surface area (Å²) in [5.41, 5.74) is 1.61. The van der Waals surface area contributed by atoms with E-state index in [9.17, 15) is 4.79 Å². The number of rotatable bonds is 3. The van der Waals surface area contributed by atoms with E-state index in [-0.39, 0.29) is 5.69 Å². The highest BCUT2D eigenvalue weighted by Crippen LogP contribution is 2.39. The molecule has 0 bridgehead atoms. The predicted molar refractivity (Wildman–Crippen MR) is 61.5 cm³/mol. The van der Waals surface area contributed by atoms with E-state index >= 15 is 0 Å². The molecule has 2 aromatic heterocycles. The molecule has 0 unspecified atom stereocenters. The van der Waals surface area contributed by atoms with Gasteiger partial charge in [-0.3, -0.25) is 0 Å². The van der Waals surface area contributed by atoms with Crippen LogP contribution in [-0.2, 0) is 0 Å². The molecule has 0 radical (unpaired) electrons. The van der Waals surface area contributed by atoms with Crippen LogP contribution in [0.3, 0.4) is 0 Å². The molecule has 0 atom stereocenters. The standard InChI is InChI=1S/C11H12N4O2/c1-12-9-5-8(11(16)17)13-10-4-7(6-2-3-6)14-15(9)10/h4-6,12H,2-3H2,1H3,(H,16,17). The highest BCUT2D eigenvalue weighted by atomic mass is 16.4. The molecule has 6 heteroatoms. The Morgan fingerprint density at radius 3 is 2.88 bits per heavy atom. The SMILES string of the molecule is CNc1cc(C(=O)O)nc2cc(C3CC3)nn12. The zero-order valence-corrected chi connectivity index (χ0v) is 9.34. The minimum atomic E-state index is -1.03. The van der Waals surface area contributed by atoms with Gasteiger partial charge in [0.1, 0.15) is 5.82 Å². The molecule has 2 N–H and O–H groups in total. The molecule has 0 aliphatic heterocycles. The number of hydrogen-bond acceptors (Lipinski definition) is 4. The summed E-state index contributed by atoms with van der Waals surface area (Å²) in [6.07, 6.45) is 2.31. The number of nitrogens with one attached hydrogen (secondary N) is 1. The zero-order valence-electron chi connectivity index (χ0n) is 9.34. The average Bonchev–Trinajstić information content (AvgIpc) is 3.07. The lowest BCUT2D eigenvalue weighted by atomic mass is 10.3. The topological polar surface area (TPSA) is 79.5 Å². The van der Waals surface area contributed by atoms with Gasteiger partial charge in [0.05, 0.1) is 5.69 Å². The van der Waals surface area contributed by atoms with Gasteiger partial charge in [-0.15, -0.1) is 0 Å². The fourth-order valence-corrected chi connectivity index (χ4v) is 1.86. The van der Waals surface area contributed by atoms with Crippen LogP contribution in [0.25, 0.3) is 5.65 Å². The van der Waals surface area contributed by atoms with Crippen LogP contribution in [0.5, 0.6) is 0 Å². The molecule has 88 valence electrons. The van der Waals surface area contributed by atoms with Gasteiger partial charge in [0.15, 0.2) is 11.3 Å². The van der Waals surface area contributed by atoms with Gasteiger partial charge in [0.25, 0.3) is 0 Å². The second kappa shape index (κ2) is 3.44. The van der Waals surface area contributed by atoms with Crippen molar-refractivity contribution in [2.24, 2.45) is 0 Å². The fourth-order valence-electron chi connectivity index (χ4n) is 1.86. The molecule has 3 rings (SSSR count). The summed E-state index contributed by atoms with van der Waals surface area (Å²) in [4.78, 5) is 15.0. The summed E-state index contributed by atoms with van der Waals surface area (Å²) in [6, 6.07) is 3.35. The normalized spacial score (nSPS) is 15.1. The van der Waals surface area contributed by atoms with Crippen molar-refractivity contribution in [3.63, 3.8) is 0 Å². The molecule has 1 saturated carbocycles. The van der Waals surface area contributed by atoms with Crippen LogP contribution in [0, 0.1) is 0 Å². The van der Waals surface area contributed by atoms with E-state index in [4.69, 9.17) is 5.11 Å². The molecule has 0 amide bonds. The van der Waals surface area contributed by atoms with Crippen molar-refractivity contribution in [1.29, 1.82) is 0 Å². The summed E-state index contributed by atoms with van der Waals surface area (Å²) in [6.45, 7) is 0. The molecule has 2 aromatic rings. The molecule has 0 spiro atoms. The van der Waals surface area contributed by atoms with E-state index in [0.717, 1.165) is 18.5 Å². The summed E-state index contributed by atoms with van der Waals surface area (Å²) in [5.74, 6) is 0.132. The Labute approximate surface area is 97.3 Å².